The molecule has 0 saturated carbocycles. The van der Waals surface area contributed by atoms with Crippen LogP contribution < -0.4 is 5.32 Å². The third-order valence-electron chi connectivity index (χ3n) is 2.17. The van der Waals surface area contributed by atoms with E-state index in [0.29, 0.717) is 25.9 Å². The highest BCUT2D eigenvalue weighted by Gasteiger charge is 2.29. The van der Waals surface area contributed by atoms with Gasteiger partial charge in [0.1, 0.15) is 0 Å². The van der Waals surface area contributed by atoms with Crippen LogP contribution in [-0.4, -0.2) is 46.5 Å². The molecule has 0 aromatic heterocycles. The maximum absolute atomic E-state index is 11.6. The first-order valence-electron chi connectivity index (χ1n) is 4.41. The second kappa shape index (κ2) is 4.16. The summed E-state index contributed by atoms with van der Waals surface area (Å²) in [5.74, 6) is 0. The quantitative estimate of drug-likeness (QED) is 0.696. The summed E-state index contributed by atoms with van der Waals surface area (Å²) in [5.41, 5.74) is 0. The van der Waals surface area contributed by atoms with Crippen LogP contribution in [0.3, 0.4) is 0 Å². The van der Waals surface area contributed by atoms with Crippen molar-refractivity contribution >= 4 is 19.7 Å². The predicted octanol–water partition coefficient (Wildman–Crippen LogP) is -0.845. The van der Waals surface area contributed by atoms with Crippen LogP contribution in [0, 0.1) is 0 Å². The fraction of sp³-hybridized carbons (Fsp3) is 1.00. The smallest absolute Gasteiger partial charge is 0.167 e. The molecule has 1 aliphatic heterocycles. The van der Waals surface area contributed by atoms with Crippen molar-refractivity contribution in [1.29, 1.82) is 0 Å². The van der Waals surface area contributed by atoms with Crippen molar-refractivity contribution in [2.24, 2.45) is 0 Å². The summed E-state index contributed by atoms with van der Waals surface area (Å²) in [6, 6.07) is 0. The molecule has 84 valence electrons. The van der Waals surface area contributed by atoms with Gasteiger partial charge < -0.3 is 5.32 Å². The summed E-state index contributed by atoms with van der Waals surface area (Å²) in [7, 11) is -6.91. The molecule has 14 heavy (non-hydrogen) atoms. The van der Waals surface area contributed by atoms with Crippen molar-refractivity contribution in [3.05, 3.63) is 0 Å². The van der Waals surface area contributed by atoms with Gasteiger partial charge in [0.25, 0.3) is 0 Å². The van der Waals surface area contributed by atoms with Gasteiger partial charge in [0.05, 0.1) is 5.25 Å². The van der Waals surface area contributed by atoms with Gasteiger partial charge in [-0.2, -0.15) is 0 Å². The summed E-state index contributed by atoms with van der Waals surface area (Å²) in [6.45, 7) is 1.29. The molecule has 5 nitrogen and oxygen atoms in total. The van der Waals surface area contributed by atoms with Crippen LogP contribution in [0.1, 0.15) is 12.8 Å². The molecule has 1 N–H and O–H groups in total. The molecular formula is C7H15NO4S2. The highest BCUT2D eigenvalue weighted by molar-refractivity contribution is 8.08. The number of sulfone groups is 2. The van der Waals surface area contributed by atoms with Crippen LogP contribution in [0.2, 0.25) is 0 Å². The molecule has 0 bridgehead atoms. The van der Waals surface area contributed by atoms with E-state index in [1.807, 2.05) is 0 Å². The highest BCUT2D eigenvalue weighted by atomic mass is 32.3. The van der Waals surface area contributed by atoms with E-state index < -0.39 is 30.0 Å². The zero-order valence-electron chi connectivity index (χ0n) is 8.06. The van der Waals surface area contributed by atoms with Crippen LogP contribution in [0.5, 0.6) is 0 Å². The van der Waals surface area contributed by atoms with E-state index in [1.165, 1.54) is 0 Å². The van der Waals surface area contributed by atoms with Gasteiger partial charge >= 0.3 is 0 Å². The summed E-state index contributed by atoms with van der Waals surface area (Å²) < 4.78 is 45.0. The molecule has 0 spiro atoms. The Bertz CT molecular complexity index is 378. The summed E-state index contributed by atoms with van der Waals surface area (Å²) in [4.78, 5) is 0. The first kappa shape index (κ1) is 11.9. The van der Waals surface area contributed by atoms with Crippen molar-refractivity contribution in [1.82, 2.24) is 5.32 Å². The largest absolute Gasteiger partial charge is 0.317 e. The predicted molar refractivity (Wildman–Crippen MR) is 54.5 cm³/mol. The van der Waals surface area contributed by atoms with Gasteiger partial charge in [-0.3, -0.25) is 0 Å². The third-order valence-corrected chi connectivity index (χ3v) is 6.69. The molecule has 0 aliphatic carbocycles. The van der Waals surface area contributed by atoms with Gasteiger partial charge in [-0.15, -0.1) is 0 Å². The van der Waals surface area contributed by atoms with E-state index in [0.717, 1.165) is 6.26 Å². The standard InChI is InChI=1S/C7H15NO4S2/c1-13(9,10)6-14(11,12)7-2-4-8-5-3-7/h7-8H,2-6H2,1H3. The van der Waals surface area contributed by atoms with Crippen LogP contribution in [-0.2, 0) is 19.7 Å². The van der Waals surface area contributed by atoms with Crippen LogP contribution in [0.4, 0.5) is 0 Å². The van der Waals surface area contributed by atoms with Crippen molar-refractivity contribution in [2.75, 3.05) is 24.4 Å². The number of nitrogens with one attached hydrogen (secondary N) is 1. The summed E-state index contributed by atoms with van der Waals surface area (Å²) >= 11 is 0. The molecule has 1 aliphatic rings. The molecule has 1 heterocycles. The molecule has 0 atom stereocenters. The topological polar surface area (TPSA) is 80.3 Å². The van der Waals surface area contributed by atoms with E-state index in [2.05, 4.69) is 5.32 Å². The third kappa shape index (κ3) is 3.55. The van der Waals surface area contributed by atoms with Crippen LogP contribution in [0.15, 0.2) is 0 Å². The number of hydrogen-bond acceptors (Lipinski definition) is 5. The lowest BCUT2D eigenvalue weighted by atomic mass is 10.2. The Kier molecular flexibility index (Phi) is 3.54. The lowest BCUT2D eigenvalue weighted by Crippen LogP contribution is -2.37. The Morgan fingerprint density at radius 3 is 2.07 bits per heavy atom. The second-order valence-electron chi connectivity index (χ2n) is 3.66. The van der Waals surface area contributed by atoms with Gasteiger partial charge in [-0.05, 0) is 25.9 Å². The normalized spacial score (nSPS) is 20.9. The minimum atomic E-state index is -3.47. The molecule has 7 heteroatoms. The number of hydrogen-bond donors (Lipinski definition) is 1. The van der Waals surface area contributed by atoms with Gasteiger partial charge in [0.15, 0.2) is 24.8 Å². The molecule has 1 fully saturated rings. The average Bonchev–Trinajstić information content (AvgIpc) is 2.01. The Labute approximate surface area is 84.7 Å². The van der Waals surface area contributed by atoms with Gasteiger partial charge in [0, 0.05) is 6.26 Å². The van der Waals surface area contributed by atoms with Crippen molar-refractivity contribution in [3.63, 3.8) is 0 Å². The molecule has 1 saturated heterocycles. The van der Waals surface area contributed by atoms with Crippen molar-refractivity contribution in [2.45, 2.75) is 18.1 Å². The zero-order valence-corrected chi connectivity index (χ0v) is 9.70. The maximum atomic E-state index is 11.6. The van der Waals surface area contributed by atoms with Crippen molar-refractivity contribution < 1.29 is 16.8 Å². The molecule has 0 aromatic carbocycles. The minimum absolute atomic E-state index is 0.488. The second-order valence-corrected chi connectivity index (χ2v) is 8.44. The monoisotopic (exact) mass is 241 g/mol. The molecule has 0 unspecified atom stereocenters. The molecular weight excluding hydrogens is 226 g/mol. The molecule has 0 amide bonds. The fourth-order valence-electron chi connectivity index (χ4n) is 1.55. The summed E-state index contributed by atoms with van der Waals surface area (Å²) in [6.07, 6.45) is 1.97. The first-order chi connectivity index (χ1) is 6.31. The van der Waals surface area contributed by atoms with Crippen molar-refractivity contribution in [3.8, 4) is 0 Å². The molecule has 0 radical (unpaired) electrons. The van der Waals surface area contributed by atoms with E-state index >= 15 is 0 Å². The highest BCUT2D eigenvalue weighted by Crippen LogP contribution is 2.15. The number of piperidine rings is 1. The van der Waals surface area contributed by atoms with Gasteiger partial charge in [0.2, 0.25) is 0 Å². The van der Waals surface area contributed by atoms with E-state index in [1.54, 1.807) is 0 Å². The number of rotatable bonds is 3. The summed E-state index contributed by atoms with van der Waals surface area (Å²) in [5, 5.41) is 1.83. The van der Waals surface area contributed by atoms with Gasteiger partial charge in [-0.25, -0.2) is 16.8 Å². The maximum Gasteiger partial charge on any atom is 0.167 e. The lowest BCUT2D eigenvalue weighted by Gasteiger charge is -2.22. The fourth-order valence-corrected chi connectivity index (χ4v) is 5.66. The Hall–Kier alpha value is -0.140. The SMILES string of the molecule is CS(=O)(=O)CS(=O)(=O)C1CCNCC1. The van der Waals surface area contributed by atoms with E-state index in [4.69, 9.17) is 0 Å². The van der Waals surface area contributed by atoms with E-state index in [-0.39, 0.29) is 0 Å². The van der Waals surface area contributed by atoms with Gasteiger partial charge in [-0.1, -0.05) is 0 Å². The Balaban J connectivity index is 2.74. The average molecular weight is 241 g/mol. The Morgan fingerprint density at radius 2 is 1.64 bits per heavy atom. The lowest BCUT2D eigenvalue weighted by molar-refractivity contribution is 0.498. The molecule has 0 aromatic rings. The first-order valence-corrected chi connectivity index (χ1v) is 8.19. The minimum Gasteiger partial charge on any atom is -0.317 e. The van der Waals surface area contributed by atoms with Crippen LogP contribution in [0.25, 0.3) is 0 Å². The van der Waals surface area contributed by atoms with E-state index in [9.17, 15) is 16.8 Å². The van der Waals surface area contributed by atoms with Crippen LogP contribution >= 0.6 is 0 Å². The molecule has 1 rings (SSSR count). The zero-order chi connectivity index (χ0) is 10.8. The Morgan fingerprint density at radius 1 is 1.14 bits per heavy atom.